The Balaban J connectivity index is 2.03. The van der Waals surface area contributed by atoms with Gasteiger partial charge in [0, 0.05) is 18.9 Å². The fraction of sp³-hybridized carbons (Fsp3) is 0.154. The Morgan fingerprint density at radius 1 is 1.39 bits per heavy atom. The molecule has 0 atom stereocenters. The topological polar surface area (TPSA) is 54.9 Å². The van der Waals surface area contributed by atoms with Crippen molar-refractivity contribution in [3.63, 3.8) is 0 Å². The van der Waals surface area contributed by atoms with Gasteiger partial charge in [-0.05, 0) is 52.2 Å². The van der Waals surface area contributed by atoms with Crippen LogP contribution in [0.25, 0.3) is 0 Å². The zero-order chi connectivity index (χ0) is 13.0. The molecule has 2 aromatic rings. The van der Waals surface area contributed by atoms with Crippen LogP contribution in [0.4, 0.5) is 0 Å². The maximum Gasteiger partial charge on any atom is 0.270 e. The molecule has 0 aliphatic carbocycles. The number of nitrogens with one attached hydrogen (secondary N) is 1. The van der Waals surface area contributed by atoms with Crippen LogP contribution in [0.3, 0.4) is 0 Å². The van der Waals surface area contributed by atoms with Crippen LogP contribution < -0.4 is 5.32 Å². The Morgan fingerprint density at radius 3 is 2.94 bits per heavy atom. The SMILES string of the molecule is Cc1cnccc1CNC(=O)c1cccc(Br)n1. The van der Waals surface area contributed by atoms with Gasteiger partial charge in [-0.15, -0.1) is 0 Å². The minimum atomic E-state index is -0.187. The third-order valence-corrected chi connectivity index (χ3v) is 2.97. The van der Waals surface area contributed by atoms with Gasteiger partial charge in [0.15, 0.2) is 0 Å². The van der Waals surface area contributed by atoms with Gasteiger partial charge in [-0.2, -0.15) is 0 Å². The molecule has 0 spiro atoms. The van der Waals surface area contributed by atoms with Gasteiger partial charge in [0.05, 0.1) is 0 Å². The third-order valence-electron chi connectivity index (χ3n) is 2.52. The maximum atomic E-state index is 11.9. The van der Waals surface area contributed by atoms with Gasteiger partial charge in [0.25, 0.3) is 5.91 Å². The second-order valence-electron chi connectivity index (χ2n) is 3.83. The number of hydrogen-bond acceptors (Lipinski definition) is 3. The van der Waals surface area contributed by atoms with E-state index in [0.717, 1.165) is 11.1 Å². The summed E-state index contributed by atoms with van der Waals surface area (Å²) in [7, 11) is 0. The lowest BCUT2D eigenvalue weighted by atomic mass is 10.1. The van der Waals surface area contributed by atoms with Gasteiger partial charge in [-0.3, -0.25) is 9.78 Å². The first kappa shape index (κ1) is 12.7. The summed E-state index contributed by atoms with van der Waals surface area (Å²) in [6, 6.07) is 7.14. The maximum absolute atomic E-state index is 11.9. The van der Waals surface area contributed by atoms with Crippen molar-refractivity contribution >= 4 is 21.8 Å². The summed E-state index contributed by atoms with van der Waals surface area (Å²) >= 11 is 3.24. The van der Waals surface area contributed by atoms with Crippen LogP contribution in [-0.4, -0.2) is 15.9 Å². The molecule has 0 unspecified atom stereocenters. The van der Waals surface area contributed by atoms with Gasteiger partial charge in [0.2, 0.25) is 0 Å². The first-order valence-corrected chi connectivity index (χ1v) is 6.26. The molecular formula is C13H12BrN3O. The number of halogens is 1. The number of carbonyl (C=O) groups is 1. The van der Waals surface area contributed by atoms with Crippen LogP contribution in [0, 0.1) is 6.92 Å². The van der Waals surface area contributed by atoms with E-state index in [1.54, 1.807) is 30.6 Å². The molecule has 1 N–H and O–H groups in total. The number of nitrogens with zero attached hydrogens (tertiary/aromatic N) is 2. The van der Waals surface area contributed by atoms with Gasteiger partial charge < -0.3 is 5.32 Å². The van der Waals surface area contributed by atoms with Crippen molar-refractivity contribution in [2.75, 3.05) is 0 Å². The summed E-state index contributed by atoms with van der Waals surface area (Å²) in [5, 5.41) is 2.83. The molecule has 4 nitrogen and oxygen atoms in total. The number of rotatable bonds is 3. The molecule has 5 heteroatoms. The van der Waals surface area contributed by atoms with Crippen LogP contribution >= 0.6 is 15.9 Å². The molecule has 92 valence electrons. The number of amides is 1. The van der Waals surface area contributed by atoms with Crippen LogP contribution in [0.5, 0.6) is 0 Å². The fourth-order valence-corrected chi connectivity index (χ4v) is 1.84. The Morgan fingerprint density at radius 2 is 2.22 bits per heavy atom. The second kappa shape index (κ2) is 5.73. The second-order valence-corrected chi connectivity index (χ2v) is 4.64. The molecule has 1 amide bonds. The molecule has 0 fully saturated rings. The molecule has 0 radical (unpaired) electrons. The molecule has 18 heavy (non-hydrogen) atoms. The molecule has 2 rings (SSSR count). The van der Waals surface area contributed by atoms with Gasteiger partial charge in [0.1, 0.15) is 10.3 Å². The van der Waals surface area contributed by atoms with Crippen molar-refractivity contribution in [3.8, 4) is 0 Å². The fourth-order valence-electron chi connectivity index (χ4n) is 1.50. The van der Waals surface area contributed by atoms with Crippen molar-refractivity contribution in [2.24, 2.45) is 0 Å². The first-order valence-electron chi connectivity index (χ1n) is 5.47. The minimum absolute atomic E-state index is 0.187. The Bertz CT molecular complexity index is 572. The predicted molar refractivity (Wildman–Crippen MR) is 72.1 cm³/mol. The van der Waals surface area contributed by atoms with Crippen molar-refractivity contribution in [2.45, 2.75) is 13.5 Å². The number of hydrogen-bond donors (Lipinski definition) is 1. The van der Waals surface area contributed by atoms with E-state index in [1.165, 1.54) is 0 Å². The zero-order valence-corrected chi connectivity index (χ0v) is 11.4. The van der Waals surface area contributed by atoms with E-state index in [4.69, 9.17) is 0 Å². The lowest BCUT2D eigenvalue weighted by Crippen LogP contribution is -2.24. The molecule has 0 aromatic carbocycles. The highest BCUT2D eigenvalue weighted by molar-refractivity contribution is 9.10. The normalized spacial score (nSPS) is 10.1. The lowest BCUT2D eigenvalue weighted by molar-refractivity contribution is 0.0945. The van der Waals surface area contributed by atoms with E-state index in [2.05, 4.69) is 31.2 Å². The summed E-state index contributed by atoms with van der Waals surface area (Å²) in [6.45, 7) is 2.44. The highest BCUT2D eigenvalue weighted by Crippen LogP contribution is 2.07. The van der Waals surface area contributed by atoms with Gasteiger partial charge >= 0.3 is 0 Å². The van der Waals surface area contributed by atoms with Crippen molar-refractivity contribution in [1.29, 1.82) is 0 Å². The van der Waals surface area contributed by atoms with Crippen LogP contribution in [0.2, 0.25) is 0 Å². The molecule has 0 aliphatic rings. The average molecular weight is 306 g/mol. The zero-order valence-electron chi connectivity index (χ0n) is 9.85. The van der Waals surface area contributed by atoms with E-state index in [0.29, 0.717) is 16.8 Å². The average Bonchev–Trinajstić information content (AvgIpc) is 2.37. The Hall–Kier alpha value is -1.75. The Labute approximate surface area is 114 Å². The predicted octanol–water partition coefficient (Wildman–Crippen LogP) is 2.48. The van der Waals surface area contributed by atoms with E-state index in [-0.39, 0.29) is 5.91 Å². The highest BCUT2D eigenvalue weighted by Gasteiger charge is 2.07. The molecule has 0 saturated heterocycles. The molecule has 0 bridgehead atoms. The molecule has 0 aliphatic heterocycles. The van der Waals surface area contributed by atoms with Gasteiger partial charge in [-0.25, -0.2) is 4.98 Å². The monoisotopic (exact) mass is 305 g/mol. The van der Waals surface area contributed by atoms with Crippen molar-refractivity contribution in [3.05, 3.63) is 58.1 Å². The first-order chi connectivity index (χ1) is 8.66. The van der Waals surface area contributed by atoms with Gasteiger partial charge in [-0.1, -0.05) is 6.07 Å². The minimum Gasteiger partial charge on any atom is -0.347 e. The van der Waals surface area contributed by atoms with Crippen LogP contribution in [0.15, 0.2) is 41.3 Å². The molecular weight excluding hydrogens is 294 g/mol. The quantitative estimate of drug-likeness (QED) is 0.886. The number of aromatic nitrogens is 2. The van der Waals surface area contributed by atoms with E-state index in [1.807, 2.05) is 13.0 Å². The molecule has 2 heterocycles. The van der Waals surface area contributed by atoms with E-state index in [9.17, 15) is 4.79 Å². The summed E-state index contributed by atoms with van der Waals surface area (Å²) < 4.78 is 0.648. The summed E-state index contributed by atoms with van der Waals surface area (Å²) in [4.78, 5) is 20.0. The summed E-state index contributed by atoms with van der Waals surface area (Å²) in [6.07, 6.45) is 3.49. The summed E-state index contributed by atoms with van der Waals surface area (Å²) in [5.41, 5.74) is 2.50. The van der Waals surface area contributed by atoms with E-state index < -0.39 is 0 Å². The van der Waals surface area contributed by atoms with Crippen molar-refractivity contribution in [1.82, 2.24) is 15.3 Å². The third kappa shape index (κ3) is 3.13. The highest BCUT2D eigenvalue weighted by atomic mass is 79.9. The number of carbonyl (C=O) groups excluding carboxylic acids is 1. The number of pyridine rings is 2. The standard InChI is InChI=1S/C13H12BrN3O/c1-9-7-15-6-5-10(9)8-16-13(18)11-3-2-4-12(14)17-11/h2-7H,8H2,1H3,(H,16,18). The molecule has 2 aromatic heterocycles. The number of aryl methyl sites for hydroxylation is 1. The smallest absolute Gasteiger partial charge is 0.270 e. The van der Waals surface area contributed by atoms with E-state index >= 15 is 0 Å². The Kier molecular flexibility index (Phi) is 4.04. The summed E-state index contributed by atoms with van der Waals surface area (Å²) in [5.74, 6) is -0.187. The largest absolute Gasteiger partial charge is 0.347 e. The van der Waals surface area contributed by atoms with Crippen molar-refractivity contribution < 1.29 is 4.79 Å². The lowest BCUT2D eigenvalue weighted by Gasteiger charge is -2.07. The van der Waals surface area contributed by atoms with Crippen LogP contribution in [0.1, 0.15) is 21.6 Å². The van der Waals surface area contributed by atoms with Crippen LogP contribution in [-0.2, 0) is 6.54 Å². The molecule has 0 saturated carbocycles.